The number of rotatable bonds is 7. The van der Waals surface area contributed by atoms with E-state index in [1.54, 1.807) is 0 Å². The number of benzene rings is 10. The van der Waals surface area contributed by atoms with E-state index in [2.05, 4.69) is 209 Å². The number of hydrogen-bond acceptors (Lipinski definition) is 3. The molecule has 0 saturated heterocycles. The standard InChI is InChI=1S/C64H41N5/c1-5-18-41(19-6-1)46-38-52(42-20-7-2-8-21-42)55-40-54-48(28-17-29-49(54)53(55)39-46)43-32-34-47(35-33-43)68-56-30-15-13-26-50(56)60-58(68)36-37-59-61(60)51-27-14-16-31-57(51)69(59)64-66-62(44-22-9-3-10-23-44)65-63(67-64)45-24-11-4-12-25-45/h1-39H,40H2. The minimum atomic E-state index is 0.580. The van der Waals surface area contributed by atoms with Gasteiger partial charge in [0.2, 0.25) is 5.95 Å². The summed E-state index contributed by atoms with van der Waals surface area (Å²) in [5.74, 6) is 1.84. The van der Waals surface area contributed by atoms with Crippen molar-refractivity contribution in [2.45, 2.75) is 6.42 Å². The van der Waals surface area contributed by atoms with E-state index in [1.807, 2.05) is 36.4 Å². The van der Waals surface area contributed by atoms with Crippen molar-refractivity contribution >= 4 is 43.6 Å². The number of fused-ring (bicyclic) bond motifs is 10. The van der Waals surface area contributed by atoms with E-state index in [4.69, 9.17) is 15.0 Å². The van der Waals surface area contributed by atoms with Gasteiger partial charge in [-0.25, -0.2) is 4.98 Å². The highest BCUT2D eigenvalue weighted by molar-refractivity contribution is 6.28. The minimum Gasteiger partial charge on any atom is -0.309 e. The summed E-state index contributed by atoms with van der Waals surface area (Å²) < 4.78 is 4.64. The number of para-hydroxylation sites is 2. The summed E-state index contributed by atoms with van der Waals surface area (Å²) >= 11 is 0. The molecule has 0 bridgehead atoms. The van der Waals surface area contributed by atoms with Crippen LogP contribution in [-0.2, 0) is 6.42 Å². The van der Waals surface area contributed by atoms with E-state index in [0.717, 1.165) is 50.7 Å². The van der Waals surface area contributed by atoms with E-state index >= 15 is 0 Å². The molecule has 0 fully saturated rings. The molecule has 0 N–H and O–H groups in total. The first kappa shape index (κ1) is 39.0. The Hall–Kier alpha value is -9.19. The van der Waals surface area contributed by atoms with Crippen LogP contribution >= 0.6 is 0 Å². The zero-order chi connectivity index (χ0) is 45.4. The van der Waals surface area contributed by atoms with Gasteiger partial charge in [-0.1, -0.05) is 188 Å². The Balaban J connectivity index is 0.912. The lowest BCUT2D eigenvalue weighted by atomic mass is 9.91. The fourth-order valence-corrected chi connectivity index (χ4v) is 11.0. The summed E-state index contributed by atoms with van der Waals surface area (Å²) in [5, 5.41) is 4.70. The molecule has 0 aliphatic heterocycles. The van der Waals surface area contributed by atoms with E-state index in [-0.39, 0.29) is 0 Å². The molecule has 14 rings (SSSR count). The Bertz CT molecular complexity index is 4060. The smallest absolute Gasteiger partial charge is 0.238 e. The van der Waals surface area contributed by atoms with E-state index in [1.165, 1.54) is 71.8 Å². The van der Waals surface area contributed by atoms with Crippen molar-refractivity contribution < 1.29 is 0 Å². The van der Waals surface area contributed by atoms with Crippen LogP contribution in [0.15, 0.2) is 237 Å². The Kier molecular flexibility index (Phi) is 8.89. The van der Waals surface area contributed by atoms with Crippen molar-refractivity contribution in [2.24, 2.45) is 0 Å². The molecule has 0 amide bonds. The third kappa shape index (κ3) is 6.28. The van der Waals surface area contributed by atoms with Gasteiger partial charge in [0.05, 0.1) is 22.1 Å². The molecule has 69 heavy (non-hydrogen) atoms. The molecule has 10 aromatic carbocycles. The number of nitrogens with zero attached hydrogens (tertiary/aromatic N) is 5. The van der Waals surface area contributed by atoms with Crippen molar-refractivity contribution in [3.63, 3.8) is 0 Å². The Labute approximate surface area is 398 Å². The highest BCUT2D eigenvalue weighted by Crippen LogP contribution is 2.48. The van der Waals surface area contributed by atoms with Crippen LogP contribution < -0.4 is 0 Å². The van der Waals surface area contributed by atoms with Gasteiger partial charge in [0.1, 0.15) is 0 Å². The summed E-state index contributed by atoms with van der Waals surface area (Å²) in [5.41, 5.74) is 20.3. The summed E-state index contributed by atoms with van der Waals surface area (Å²) in [6.07, 6.45) is 0.879. The third-order valence-electron chi connectivity index (χ3n) is 14.1. The summed E-state index contributed by atoms with van der Waals surface area (Å²) in [6.45, 7) is 0. The second-order valence-electron chi connectivity index (χ2n) is 17.9. The zero-order valence-corrected chi connectivity index (χ0v) is 37.5. The lowest BCUT2D eigenvalue weighted by Crippen LogP contribution is -2.06. The van der Waals surface area contributed by atoms with Gasteiger partial charge in [0, 0.05) is 38.4 Å². The van der Waals surface area contributed by atoms with Gasteiger partial charge in [-0.05, 0) is 111 Å². The van der Waals surface area contributed by atoms with Gasteiger partial charge < -0.3 is 4.57 Å². The quantitative estimate of drug-likeness (QED) is 0.160. The molecule has 0 atom stereocenters. The molecule has 0 unspecified atom stereocenters. The topological polar surface area (TPSA) is 48.5 Å². The van der Waals surface area contributed by atoms with Crippen LogP contribution in [0, 0.1) is 0 Å². The second-order valence-corrected chi connectivity index (χ2v) is 17.9. The zero-order valence-electron chi connectivity index (χ0n) is 37.5. The predicted octanol–water partition coefficient (Wildman–Crippen LogP) is 16.0. The lowest BCUT2D eigenvalue weighted by molar-refractivity contribution is 0.953. The average molecular weight is 880 g/mol. The van der Waals surface area contributed by atoms with Gasteiger partial charge >= 0.3 is 0 Å². The van der Waals surface area contributed by atoms with Crippen molar-refractivity contribution in [2.75, 3.05) is 0 Å². The van der Waals surface area contributed by atoms with E-state index < -0.39 is 0 Å². The summed E-state index contributed by atoms with van der Waals surface area (Å²) in [6, 6.07) is 84.7. The van der Waals surface area contributed by atoms with Gasteiger partial charge in [-0.2, -0.15) is 9.97 Å². The molecule has 5 heteroatoms. The maximum absolute atomic E-state index is 5.20. The fourth-order valence-electron chi connectivity index (χ4n) is 11.0. The van der Waals surface area contributed by atoms with Crippen molar-refractivity contribution in [1.29, 1.82) is 0 Å². The third-order valence-corrected chi connectivity index (χ3v) is 14.1. The molecule has 0 saturated carbocycles. The molecule has 322 valence electrons. The highest BCUT2D eigenvalue weighted by atomic mass is 15.2. The van der Waals surface area contributed by atoms with Gasteiger partial charge in [0.15, 0.2) is 11.6 Å². The molecule has 3 aromatic heterocycles. The monoisotopic (exact) mass is 879 g/mol. The Morgan fingerprint density at radius 3 is 1.36 bits per heavy atom. The average Bonchev–Trinajstić information content (AvgIpc) is 4.09. The van der Waals surface area contributed by atoms with Crippen LogP contribution in [-0.4, -0.2) is 24.1 Å². The molecule has 1 aliphatic carbocycles. The normalized spacial score (nSPS) is 12.0. The van der Waals surface area contributed by atoms with Crippen LogP contribution in [0.1, 0.15) is 11.1 Å². The molecule has 3 heterocycles. The minimum absolute atomic E-state index is 0.580. The van der Waals surface area contributed by atoms with Gasteiger partial charge in [0.25, 0.3) is 0 Å². The second kappa shape index (κ2) is 15.7. The predicted molar refractivity (Wildman–Crippen MR) is 284 cm³/mol. The first-order valence-corrected chi connectivity index (χ1v) is 23.6. The van der Waals surface area contributed by atoms with Crippen LogP contribution in [0.4, 0.5) is 0 Å². The molecule has 0 spiro atoms. The highest BCUT2D eigenvalue weighted by Gasteiger charge is 2.27. The maximum atomic E-state index is 5.20. The fraction of sp³-hybridized carbons (Fsp3) is 0.0156. The van der Waals surface area contributed by atoms with Crippen molar-refractivity contribution in [3.05, 3.63) is 248 Å². The molecule has 13 aromatic rings. The molecular formula is C64H41N5. The van der Waals surface area contributed by atoms with Crippen LogP contribution in [0.25, 0.3) is 123 Å². The molecular weight excluding hydrogens is 839 g/mol. The Morgan fingerprint density at radius 1 is 0.290 bits per heavy atom. The lowest BCUT2D eigenvalue weighted by Gasteiger charge is -2.13. The van der Waals surface area contributed by atoms with Crippen LogP contribution in [0.5, 0.6) is 0 Å². The molecule has 1 aliphatic rings. The summed E-state index contributed by atoms with van der Waals surface area (Å²) in [7, 11) is 0. The molecule has 0 radical (unpaired) electrons. The van der Waals surface area contributed by atoms with Gasteiger partial charge in [-0.15, -0.1) is 0 Å². The SMILES string of the molecule is c1ccc(-c2cc(-c3ccccc3)c3c(c2)-c2cccc(-c4ccc(-n5c6ccccc6c6c7c8ccccc8n(-c8nc(-c9ccccc9)nc(-c9ccccc9)n8)c7ccc65)cc4)c2C3)cc1. The number of aromatic nitrogens is 5. The molecule has 5 nitrogen and oxygen atoms in total. The van der Waals surface area contributed by atoms with Crippen molar-refractivity contribution in [1.82, 2.24) is 24.1 Å². The maximum Gasteiger partial charge on any atom is 0.238 e. The largest absolute Gasteiger partial charge is 0.309 e. The first-order valence-electron chi connectivity index (χ1n) is 23.6. The first-order chi connectivity index (χ1) is 34.2. The summed E-state index contributed by atoms with van der Waals surface area (Å²) in [4.78, 5) is 15.4. The van der Waals surface area contributed by atoms with E-state index in [0.29, 0.717) is 17.6 Å². The Morgan fingerprint density at radius 2 is 0.754 bits per heavy atom. The number of hydrogen-bond donors (Lipinski definition) is 0. The van der Waals surface area contributed by atoms with Gasteiger partial charge in [-0.3, -0.25) is 4.57 Å². The van der Waals surface area contributed by atoms with E-state index in [9.17, 15) is 0 Å². The van der Waals surface area contributed by atoms with Crippen molar-refractivity contribution in [3.8, 4) is 78.9 Å². The van der Waals surface area contributed by atoms with Crippen LogP contribution in [0.3, 0.4) is 0 Å². The van der Waals surface area contributed by atoms with Crippen LogP contribution in [0.2, 0.25) is 0 Å².